The highest BCUT2D eigenvalue weighted by atomic mass is 32.2. The summed E-state index contributed by atoms with van der Waals surface area (Å²) in [5.41, 5.74) is 0.277. The fourth-order valence-corrected chi connectivity index (χ4v) is 4.26. The molecule has 9 heteroatoms. The largest absolute Gasteiger partial charge is 0.480 e. The average Bonchev–Trinajstić information content (AvgIpc) is 3.00. The summed E-state index contributed by atoms with van der Waals surface area (Å²) in [6.07, 6.45) is -0.104. The van der Waals surface area contributed by atoms with Gasteiger partial charge in [0.25, 0.3) is 5.92 Å². The molecule has 1 atom stereocenters. The Labute approximate surface area is 124 Å². The number of rotatable bonds is 3. The number of para-hydroxylation sites is 1. The van der Waals surface area contributed by atoms with E-state index < -0.39 is 40.9 Å². The average molecular weight is 331 g/mol. The van der Waals surface area contributed by atoms with Crippen LogP contribution in [-0.4, -0.2) is 42.3 Å². The molecule has 6 nitrogen and oxygen atoms in total. The number of benzene rings is 1. The van der Waals surface area contributed by atoms with Gasteiger partial charge < -0.3 is 9.52 Å². The van der Waals surface area contributed by atoms with E-state index in [4.69, 9.17) is 9.52 Å². The van der Waals surface area contributed by atoms with Gasteiger partial charge in [0.1, 0.15) is 22.8 Å². The molecule has 0 radical (unpaired) electrons. The predicted octanol–water partition coefficient (Wildman–Crippen LogP) is 1.92. The number of hydrogen-bond acceptors (Lipinski definition) is 4. The number of carboxylic acid groups (broad SMARTS) is 1. The van der Waals surface area contributed by atoms with Crippen molar-refractivity contribution in [1.29, 1.82) is 0 Å². The van der Waals surface area contributed by atoms with Crippen LogP contribution in [-0.2, 0) is 14.8 Å². The van der Waals surface area contributed by atoms with E-state index in [1.54, 1.807) is 12.1 Å². The summed E-state index contributed by atoms with van der Waals surface area (Å²) in [6, 6.07) is 4.40. The van der Waals surface area contributed by atoms with E-state index in [0.717, 1.165) is 6.26 Å². The number of nitrogens with zero attached hydrogens (tertiary/aromatic N) is 1. The SMILES string of the molecule is O=C(O)[C@H]1CC(F)(F)CN1S(=O)(=O)c1coc2ccccc12. The van der Waals surface area contributed by atoms with Gasteiger partial charge >= 0.3 is 5.97 Å². The van der Waals surface area contributed by atoms with Crippen molar-refractivity contribution in [1.82, 2.24) is 4.31 Å². The number of halogens is 2. The van der Waals surface area contributed by atoms with Crippen LogP contribution in [0.2, 0.25) is 0 Å². The summed E-state index contributed by atoms with van der Waals surface area (Å²) in [7, 11) is -4.41. The van der Waals surface area contributed by atoms with Crippen LogP contribution in [0.4, 0.5) is 8.78 Å². The van der Waals surface area contributed by atoms with Crippen molar-refractivity contribution in [3.05, 3.63) is 30.5 Å². The van der Waals surface area contributed by atoms with Crippen LogP contribution in [0.15, 0.2) is 39.8 Å². The van der Waals surface area contributed by atoms with Crippen molar-refractivity contribution in [2.75, 3.05) is 6.54 Å². The quantitative estimate of drug-likeness (QED) is 0.928. The molecule has 1 fully saturated rings. The van der Waals surface area contributed by atoms with Gasteiger partial charge in [0.15, 0.2) is 0 Å². The summed E-state index contributed by atoms with van der Waals surface area (Å²) < 4.78 is 57.6. The fourth-order valence-electron chi connectivity index (χ4n) is 2.53. The molecule has 1 aromatic carbocycles. The lowest BCUT2D eigenvalue weighted by molar-refractivity contribution is -0.141. The molecule has 1 aromatic heterocycles. The Bertz CT molecular complexity index is 845. The second-order valence-corrected chi connectivity index (χ2v) is 6.92. The van der Waals surface area contributed by atoms with Crippen molar-refractivity contribution in [2.45, 2.75) is 23.3 Å². The van der Waals surface area contributed by atoms with Gasteiger partial charge in [0.05, 0.1) is 6.54 Å². The van der Waals surface area contributed by atoms with Gasteiger partial charge in [-0.05, 0) is 12.1 Å². The van der Waals surface area contributed by atoms with Gasteiger partial charge in [-0.2, -0.15) is 4.31 Å². The van der Waals surface area contributed by atoms with Crippen molar-refractivity contribution in [2.24, 2.45) is 0 Å². The first-order valence-corrected chi connectivity index (χ1v) is 7.75. The first kappa shape index (κ1) is 14.9. The minimum Gasteiger partial charge on any atom is -0.480 e. The van der Waals surface area contributed by atoms with E-state index in [2.05, 4.69) is 0 Å². The molecule has 0 aliphatic carbocycles. The molecule has 0 saturated carbocycles. The number of aliphatic carboxylic acids is 1. The van der Waals surface area contributed by atoms with Crippen LogP contribution in [0.1, 0.15) is 6.42 Å². The fraction of sp³-hybridized carbons (Fsp3) is 0.308. The van der Waals surface area contributed by atoms with Gasteiger partial charge in [-0.25, -0.2) is 17.2 Å². The lowest BCUT2D eigenvalue weighted by atomic mass is 10.2. The van der Waals surface area contributed by atoms with Crippen LogP contribution in [0.25, 0.3) is 11.0 Å². The molecule has 2 aromatic rings. The maximum absolute atomic E-state index is 13.5. The van der Waals surface area contributed by atoms with Crippen molar-refractivity contribution in [3.63, 3.8) is 0 Å². The lowest BCUT2D eigenvalue weighted by Gasteiger charge is -2.19. The second kappa shape index (κ2) is 4.75. The van der Waals surface area contributed by atoms with Gasteiger partial charge in [-0.15, -0.1) is 0 Å². The van der Waals surface area contributed by atoms with Crippen LogP contribution < -0.4 is 0 Å². The molecule has 0 spiro atoms. The number of hydrogen-bond donors (Lipinski definition) is 1. The first-order chi connectivity index (χ1) is 10.2. The van der Waals surface area contributed by atoms with E-state index in [0.29, 0.717) is 4.31 Å². The highest BCUT2D eigenvalue weighted by Gasteiger charge is 2.53. The van der Waals surface area contributed by atoms with E-state index in [9.17, 15) is 22.0 Å². The molecule has 0 unspecified atom stereocenters. The zero-order valence-electron chi connectivity index (χ0n) is 11.1. The molecule has 0 bridgehead atoms. The van der Waals surface area contributed by atoms with Crippen LogP contribution in [0.5, 0.6) is 0 Å². The number of alkyl halides is 2. The van der Waals surface area contributed by atoms with Crippen molar-refractivity contribution in [3.8, 4) is 0 Å². The van der Waals surface area contributed by atoms with Crippen LogP contribution in [0, 0.1) is 0 Å². The Morgan fingerprint density at radius 1 is 1.36 bits per heavy atom. The zero-order chi connectivity index (χ0) is 16.1. The third-order valence-corrected chi connectivity index (χ3v) is 5.42. The normalized spacial score (nSPS) is 22.2. The van der Waals surface area contributed by atoms with E-state index in [-0.39, 0.29) is 15.9 Å². The number of carboxylic acids is 1. The highest BCUT2D eigenvalue weighted by Crippen LogP contribution is 2.37. The zero-order valence-corrected chi connectivity index (χ0v) is 11.9. The molecule has 0 amide bonds. The molecule has 1 aliphatic heterocycles. The van der Waals surface area contributed by atoms with Crippen LogP contribution >= 0.6 is 0 Å². The molecule has 22 heavy (non-hydrogen) atoms. The summed E-state index contributed by atoms with van der Waals surface area (Å²) in [4.78, 5) is 10.8. The second-order valence-electron chi connectivity index (χ2n) is 5.06. The summed E-state index contributed by atoms with van der Waals surface area (Å²) in [5, 5.41) is 9.25. The Kier molecular flexibility index (Phi) is 3.22. The topological polar surface area (TPSA) is 87.8 Å². The Morgan fingerprint density at radius 2 is 2.05 bits per heavy atom. The molecule has 118 valence electrons. The van der Waals surface area contributed by atoms with Crippen LogP contribution in [0.3, 0.4) is 0 Å². The van der Waals surface area contributed by atoms with Gasteiger partial charge in [-0.3, -0.25) is 4.79 Å². The maximum atomic E-state index is 13.5. The molecular formula is C13H11F2NO5S. The molecular weight excluding hydrogens is 320 g/mol. The van der Waals surface area contributed by atoms with E-state index in [1.807, 2.05) is 0 Å². The summed E-state index contributed by atoms with van der Waals surface area (Å²) >= 11 is 0. The van der Waals surface area contributed by atoms with Gasteiger partial charge in [0.2, 0.25) is 10.0 Å². The molecule has 3 rings (SSSR count). The Hall–Kier alpha value is -2.00. The van der Waals surface area contributed by atoms with Crippen molar-refractivity contribution < 1.29 is 31.5 Å². The molecule has 1 saturated heterocycles. The number of sulfonamides is 1. The smallest absolute Gasteiger partial charge is 0.322 e. The third kappa shape index (κ3) is 2.26. The third-order valence-electron chi connectivity index (χ3n) is 3.54. The minimum atomic E-state index is -4.41. The molecule has 1 aliphatic rings. The number of furan rings is 1. The van der Waals surface area contributed by atoms with E-state index >= 15 is 0 Å². The number of carbonyl (C=O) groups is 1. The summed E-state index contributed by atoms with van der Waals surface area (Å²) in [6.45, 7) is -1.16. The van der Waals surface area contributed by atoms with Gasteiger partial charge in [-0.1, -0.05) is 12.1 Å². The maximum Gasteiger partial charge on any atom is 0.322 e. The van der Waals surface area contributed by atoms with Crippen molar-refractivity contribution >= 4 is 27.0 Å². The van der Waals surface area contributed by atoms with Gasteiger partial charge in [0, 0.05) is 11.8 Å². The standard InChI is InChI=1S/C13H11F2NO5S/c14-13(15)5-9(12(17)18)16(7-13)22(19,20)11-6-21-10-4-2-1-3-8(10)11/h1-4,6,9H,5,7H2,(H,17,18)/t9-/m1/s1. The predicted molar refractivity (Wildman–Crippen MR) is 71.1 cm³/mol. The van der Waals surface area contributed by atoms with E-state index in [1.165, 1.54) is 12.1 Å². The Balaban J connectivity index is 2.11. The molecule has 1 N–H and O–H groups in total. The minimum absolute atomic E-state index is 0.224. The monoisotopic (exact) mass is 331 g/mol. The Morgan fingerprint density at radius 3 is 2.73 bits per heavy atom. The first-order valence-electron chi connectivity index (χ1n) is 6.31. The molecule has 2 heterocycles. The lowest BCUT2D eigenvalue weighted by Crippen LogP contribution is -2.40. The summed E-state index contributed by atoms with van der Waals surface area (Å²) in [5.74, 6) is -4.98. The number of fused-ring (bicyclic) bond motifs is 1. The highest BCUT2D eigenvalue weighted by molar-refractivity contribution is 7.89.